The summed E-state index contributed by atoms with van der Waals surface area (Å²) >= 11 is 7.21. The summed E-state index contributed by atoms with van der Waals surface area (Å²) in [7, 11) is 0. The van der Waals surface area contributed by atoms with Gasteiger partial charge >= 0.3 is 0 Å². The van der Waals surface area contributed by atoms with Crippen LogP contribution in [0.15, 0.2) is 17.0 Å². The van der Waals surface area contributed by atoms with E-state index in [0.29, 0.717) is 16.3 Å². The predicted molar refractivity (Wildman–Crippen MR) is 62.3 cm³/mol. The fourth-order valence-electron chi connectivity index (χ4n) is 1.34. The fraction of sp³-hybridized carbons (Fsp3) is 0.364. The highest BCUT2D eigenvalue weighted by atomic mass is 35.5. The molecule has 1 aromatic carbocycles. The fourth-order valence-corrected chi connectivity index (χ4v) is 2.30. The van der Waals surface area contributed by atoms with Crippen molar-refractivity contribution in [3.8, 4) is 0 Å². The van der Waals surface area contributed by atoms with Gasteiger partial charge < -0.3 is 4.79 Å². The molecule has 0 heterocycles. The van der Waals surface area contributed by atoms with Crippen LogP contribution in [-0.2, 0) is 4.79 Å². The molecule has 1 aromatic rings. The molecule has 0 saturated heterocycles. The Morgan fingerprint density at radius 2 is 2.27 bits per heavy atom. The van der Waals surface area contributed by atoms with Crippen molar-refractivity contribution >= 4 is 29.6 Å². The average molecular weight is 247 g/mol. The first-order valence-corrected chi connectivity index (χ1v) is 6.17. The number of halogens is 2. The van der Waals surface area contributed by atoms with E-state index in [4.69, 9.17) is 11.6 Å². The van der Waals surface area contributed by atoms with Crippen LogP contribution in [0.25, 0.3) is 0 Å². The minimum atomic E-state index is -0.317. The molecule has 0 aliphatic rings. The molecular weight excluding hydrogens is 235 g/mol. The molecule has 0 amide bonds. The Bertz CT molecular complexity index is 345. The molecule has 0 saturated carbocycles. The van der Waals surface area contributed by atoms with Gasteiger partial charge in [-0.25, -0.2) is 4.39 Å². The summed E-state index contributed by atoms with van der Waals surface area (Å²) < 4.78 is 13.5. The Morgan fingerprint density at radius 3 is 2.73 bits per heavy atom. The topological polar surface area (TPSA) is 17.1 Å². The second-order valence-corrected chi connectivity index (χ2v) is 4.54. The van der Waals surface area contributed by atoms with Crippen molar-refractivity contribution in [3.05, 3.63) is 28.5 Å². The van der Waals surface area contributed by atoms with E-state index in [0.717, 1.165) is 11.8 Å². The van der Waals surface area contributed by atoms with Gasteiger partial charge in [-0.2, -0.15) is 0 Å². The van der Waals surface area contributed by atoms with Crippen LogP contribution < -0.4 is 0 Å². The first-order chi connectivity index (χ1) is 7.10. The van der Waals surface area contributed by atoms with Crippen LogP contribution in [0.5, 0.6) is 0 Å². The quantitative estimate of drug-likeness (QED) is 0.592. The van der Waals surface area contributed by atoms with Crippen molar-refractivity contribution < 1.29 is 9.18 Å². The van der Waals surface area contributed by atoms with Crippen LogP contribution in [0.3, 0.4) is 0 Å². The number of benzene rings is 1. The van der Waals surface area contributed by atoms with Gasteiger partial charge in [-0.3, -0.25) is 0 Å². The van der Waals surface area contributed by atoms with Gasteiger partial charge in [0.25, 0.3) is 0 Å². The molecule has 0 radical (unpaired) electrons. The Morgan fingerprint density at radius 1 is 1.60 bits per heavy atom. The van der Waals surface area contributed by atoms with Gasteiger partial charge in [0.1, 0.15) is 12.1 Å². The zero-order chi connectivity index (χ0) is 11.4. The van der Waals surface area contributed by atoms with Gasteiger partial charge in [0.2, 0.25) is 0 Å². The van der Waals surface area contributed by atoms with Gasteiger partial charge in [0, 0.05) is 6.42 Å². The Kier molecular flexibility index (Phi) is 4.61. The van der Waals surface area contributed by atoms with Crippen LogP contribution in [0, 0.1) is 5.82 Å². The summed E-state index contributed by atoms with van der Waals surface area (Å²) in [5.74, 6) is -0.312. The number of carbonyl (C=O) groups is 1. The first kappa shape index (κ1) is 12.5. The molecule has 0 aliphatic carbocycles. The molecule has 0 aliphatic heterocycles. The molecule has 1 nitrogen and oxygen atoms in total. The van der Waals surface area contributed by atoms with Gasteiger partial charge in [0.15, 0.2) is 0 Å². The van der Waals surface area contributed by atoms with Crippen molar-refractivity contribution in [1.82, 2.24) is 0 Å². The van der Waals surface area contributed by atoms with E-state index >= 15 is 0 Å². The largest absolute Gasteiger partial charge is 0.303 e. The van der Waals surface area contributed by atoms with E-state index in [2.05, 4.69) is 0 Å². The summed E-state index contributed by atoms with van der Waals surface area (Å²) in [6.07, 6.45) is 2.99. The summed E-state index contributed by atoms with van der Waals surface area (Å²) in [5.41, 5.74) is 0.766. The van der Waals surface area contributed by atoms with E-state index in [9.17, 15) is 9.18 Å². The van der Waals surface area contributed by atoms with Crippen molar-refractivity contribution in [2.24, 2.45) is 0 Å². The lowest BCUT2D eigenvalue weighted by Gasteiger charge is -2.11. The van der Waals surface area contributed by atoms with Crippen molar-refractivity contribution in [1.29, 1.82) is 0 Å². The second-order valence-electron chi connectivity index (χ2n) is 3.32. The van der Waals surface area contributed by atoms with Gasteiger partial charge in [-0.1, -0.05) is 18.5 Å². The van der Waals surface area contributed by atoms with Crippen LogP contribution in [-0.4, -0.2) is 12.5 Å². The standard InChI is InChI=1S/C11H12ClFOS/c1-7(3-4-14)8-5-9(12)11(15-2)10(13)6-8/h4-7H,3H2,1-2H3. The number of hydrogen-bond acceptors (Lipinski definition) is 2. The molecule has 15 heavy (non-hydrogen) atoms. The molecule has 0 N–H and O–H groups in total. The molecule has 1 atom stereocenters. The number of thioether (sulfide) groups is 1. The highest BCUT2D eigenvalue weighted by Gasteiger charge is 2.12. The molecule has 0 bridgehead atoms. The summed E-state index contributed by atoms with van der Waals surface area (Å²) in [4.78, 5) is 10.8. The summed E-state index contributed by atoms with van der Waals surface area (Å²) in [5, 5.41) is 0.412. The van der Waals surface area contributed by atoms with E-state index in [1.54, 1.807) is 12.3 Å². The van der Waals surface area contributed by atoms with Crippen molar-refractivity contribution in [3.63, 3.8) is 0 Å². The lowest BCUT2D eigenvalue weighted by molar-refractivity contribution is -0.108. The number of rotatable bonds is 4. The number of aldehydes is 1. The highest BCUT2D eigenvalue weighted by Crippen LogP contribution is 2.32. The van der Waals surface area contributed by atoms with Gasteiger partial charge in [-0.05, 0) is 29.9 Å². The maximum absolute atomic E-state index is 13.5. The molecule has 0 spiro atoms. The molecule has 0 aromatic heterocycles. The van der Waals surface area contributed by atoms with Gasteiger partial charge in [0.05, 0.1) is 9.92 Å². The third-order valence-corrected chi connectivity index (χ3v) is 3.48. The number of hydrogen-bond donors (Lipinski definition) is 0. The third-order valence-electron chi connectivity index (χ3n) is 2.24. The van der Waals surface area contributed by atoms with Crippen molar-refractivity contribution in [2.45, 2.75) is 24.2 Å². The van der Waals surface area contributed by atoms with E-state index < -0.39 is 0 Å². The van der Waals surface area contributed by atoms with E-state index in [-0.39, 0.29) is 11.7 Å². The van der Waals surface area contributed by atoms with Gasteiger partial charge in [-0.15, -0.1) is 11.8 Å². The SMILES string of the molecule is CSc1c(F)cc(C(C)CC=O)cc1Cl. The molecule has 0 fully saturated rings. The highest BCUT2D eigenvalue weighted by molar-refractivity contribution is 7.98. The Hall–Kier alpha value is -0.540. The maximum atomic E-state index is 13.5. The molecule has 4 heteroatoms. The molecule has 1 rings (SSSR count). The Balaban J connectivity index is 3.07. The first-order valence-electron chi connectivity index (χ1n) is 4.56. The molecular formula is C11H12ClFOS. The minimum absolute atomic E-state index is 0.00501. The summed E-state index contributed by atoms with van der Waals surface area (Å²) in [6.45, 7) is 1.87. The smallest absolute Gasteiger partial charge is 0.138 e. The number of carbonyl (C=O) groups excluding carboxylic acids is 1. The lowest BCUT2D eigenvalue weighted by atomic mass is 9.98. The zero-order valence-corrected chi connectivity index (χ0v) is 10.2. The van der Waals surface area contributed by atoms with E-state index in [1.165, 1.54) is 17.8 Å². The maximum Gasteiger partial charge on any atom is 0.138 e. The van der Waals surface area contributed by atoms with Crippen LogP contribution in [0.4, 0.5) is 4.39 Å². The van der Waals surface area contributed by atoms with Crippen molar-refractivity contribution in [2.75, 3.05) is 6.26 Å². The summed E-state index contributed by atoms with van der Waals surface area (Å²) in [6, 6.07) is 3.18. The predicted octanol–water partition coefficient (Wildman–Crippen LogP) is 3.89. The monoisotopic (exact) mass is 246 g/mol. The third kappa shape index (κ3) is 2.95. The Labute approximate surface area is 98.0 Å². The zero-order valence-electron chi connectivity index (χ0n) is 8.59. The molecule has 1 unspecified atom stereocenters. The average Bonchev–Trinajstić information content (AvgIpc) is 2.17. The minimum Gasteiger partial charge on any atom is -0.303 e. The van der Waals surface area contributed by atoms with Crippen LogP contribution >= 0.6 is 23.4 Å². The normalized spacial score (nSPS) is 12.5. The van der Waals surface area contributed by atoms with Crippen LogP contribution in [0.2, 0.25) is 5.02 Å². The second kappa shape index (κ2) is 5.52. The lowest BCUT2D eigenvalue weighted by Crippen LogP contribution is -1.96. The van der Waals surface area contributed by atoms with E-state index in [1.807, 2.05) is 6.92 Å². The molecule has 82 valence electrons. The van der Waals surface area contributed by atoms with Crippen LogP contribution in [0.1, 0.15) is 24.8 Å².